The molecule has 29 heavy (non-hydrogen) atoms. The zero-order valence-electron chi connectivity index (χ0n) is 17.3. The molecule has 3 N–H and O–H groups in total. The highest BCUT2D eigenvalue weighted by Gasteiger charge is 2.34. The first-order valence-corrected chi connectivity index (χ1v) is 10.6. The third-order valence-electron chi connectivity index (χ3n) is 5.31. The summed E-state index contributed by atoms with van der Waals surface area (Å²) in [6.45, 7) is 7.48. The molecule has 2 atom stereocenters. The Bertz CT molecular complexity index is 720. The fraction of sp³-hybridized carbons (Fsp3) is 0.571. The molecular formula is C21H31ClN4O3. The lowest BCUT2D eigenvalue weighted by Crippen LogP contribution is -2.55. The van der Waals surface area contributed by atoms with Crippen LogP contribution in [0.5, 0.6) is 0 Å². The van der Waals surface area contributed by atoms with Gasteiger partial charge < -0.3 is 20.9 Å². The van der Waals surface area contributed by atoms with Crippen LogP contribution in [0.15, 0.2) is 24.3 Å². The van der Waals surface area contributed by atoms with E-state index in [0.29, 0.717) is 43.1 Å². The Morgan fingerprint density at radius 1 is 1.14 bits per heavy atom. The van der Waals surface area contributed by atoms with Gasteiger partial charge in [-0.25, -0.2) is 4.79 Å². The monoisotopic (exact) mass is 422 g/mol. The number of piperidine rings is 1. The minimum Gasteiger partial charge on any atom is -0.352 e. The molecule has 1 aromatic rings. The second kappa shape index (κ2) is 11.0. The van der Waals surface area contributed by atoms with Crippen molar-refractivity contribution in [3.8, 4) is 0 Å². The molecule has 1 aromatic carbocycles. The van der Waals surface area contributed by atoms with Crippen LogP contribution in [-0.4, -0.2) is 54.5 Å². The molecule has 160 valence electrons. The van der Waals surface area contributed by atoms with Gasteiger partial charge in [-0.3, -0.25) is 9.59 Å². The topological polar surface area (TPSA) is 90.5 Å². The van der Waals surface area contributed by atoms with Gasteiger partial charge in [-0.2, -0.15) is 0 Å². The summed E-state index contributed by atoms with van der Waals surface area (Å²) in [5.41, 5.74) is 0.343. The molecule has 0 aliphatic carbocycles. The van der Waals surface area contributed by atoms with Gasteiger partial charge in [-0.1, -0.05) is 30.7 Å². The fourth-order valence-electron chi connectivity index (χ4n) is 3.40. The lowest BCUT2D eigenvalue weighted by atomic mass is 9.88. The van der Waals surface area contributed by atoms with Crippen LogP contribution >= 0.6 is 11.6 Å². The Morgan fingerprint density at radius 2 is 1.79 bits per heavy atom. The maximum absolute atomic E-state index is 12.9. The molecule has 1 saturated heterocycles. The number of amides is 4. The SMILES string of the molecule is CCNC(=O)N1CCC(C(NC(=O)c2ccccc2Cl)C(=O)NC(C)CC)CC1. The lowest BCUT2D eigenvalue weighted by molar-refractivity contribution is -0.125. The Kier molecular flexibility index (Phi) is 8.76. The number of hydrogen-bond acceptors (Lipinski definition) is 3. The predicted molar refractivity (Wildman–Crippen MR) is 114 cm³/mol. The van der Waals surface area contributed by atoms with E-state index in [2.05, 4.69) is 16.0 Å². The average Bonchev–Trinajstić information content (AvgIpc) is 2.72. The fourth-order valence-corrected chi connectivity index (χ4v) is 3.62. The van der Waals surface area contributed by atoms with E-state index in [1.807, 2.05) is 20.8 Å². The number of nitrogens with zero attached hydrogens (tertiary/aromatic N) is 1. The van der Waals surface area contributed by atoms with E-state index in [9.17, 15) is 14.4 Å². The molecule has 8 heteroatoms. The average molecular weight is 423 g/mol. The third-order valence-corrected chi connectivity index (χ3v) is 5.64. The first-order valence-electron chi connectivity index (χ1n) is 10.3. The van der Waals surface area contributed by atoms with Crippen LogP contribution in [0.2, 0.25) is 5.02 Å². The number of benzene rings is 1. The van der Waals surface area contributed by atoms with Crippen molar-refractivity contribution in [1.29, 1.82) is 0 Å². The van der Waals surface area contributed by atoms with Crippen molar-refractivity contribution in [2.75, 3.05) is 19.6 Å². The number of rotatable bonds is 7. The number of hydrogen-bond donors (Lipinski definition) is 3. The van der Waals surface area contributed by atoms with Gasteiger partial charge in [-0.15, -0.1) is 0 Å². The van der Waals surface area contributed by atoms with Crippen molar-refractivity contribution >= 4 is 29.4 Å². The molecule has 1 heterocycles. The van der Waals surface area contributed by atoms with E-state index in [1.54, 1.807) is 29.2 Å². The van der Waals surface area contributed by atoms with E-state index in [4.69, 9.17) is 11.6 Å². The second-order valence-electron chi connectivity index (χ2n) is 7.41. The summed E-state index contributed by atoms with van der Waals surface area (Å²) < 4.78 is 0. The van der Waals surface area contributed by atoms with Gasteiger partial charge in [0, 0.05) is 25.7 Å². The minimum absolute atomic E-state index is 0.0117. The van der Waals surface area contributed by atoms with Crippen LogP contribution in [0.25, 0.3) is 0 Å². The van der Waals surface area contributed by atoms with Gasteiger partial charge in [0.2, 0.25) is 5.91 Å². The van der Waals surface area contributed by atoms with Crippen LogP contribution in [-0.2, 0) is 4.79 Å². The molecule has 2 rings (SSSR count). The summed E-state index contributed by atoms with van der Waals surface area (Å²) in [7, 11) is 0. The van der Waals surface area contributed by atoms with E-state index in [0.717, 1.165) is 6.42 Å². The summed E-state index contributed by atoms with van der Waals surface area (Å²) >= 11 is 6.15. The zero-order valence-corrected chi connectivity index (χ0v) is 18.1. The maximum atomic E-state index is 12.9. The van der Waals surface area contributed by atoms with Crippen molar-refractivity contribution in [3.05, 3.63) is 34.9 Å². The molecule has 1 aliphatic rings. The number of urea groups is 1. The number of carbonyl (C=O) groups is 3. The van der Waals surface area contributed by atoms with Crippen molar-refractivity contribution in [1.82, 2.24) is 20.9 Å². The molecular weight excluding hydrogens is 392 g/mol. The first kappa shape index (κ1) is 23.0. The first-order chi connectivity index (χ1) is 13.9. The summed E-state index contributed by atoms with van der Waals surface area (Å²) in [5.74, 6) is -0.626. The molecule has 2 unspecified atom stereocenters. The molecule has 0 bridgehead atoms. The number of nitrogens with one attached hydrogen (secondary N) is 3. The number of halogens is 1. The second-order valence-corrected chi connectivity index (χ2v) is 7.82. The molecule has 4 amide bonds. The van der Waals surface area contributed by atoms with Gasteiger partial charge in [0.05, 0.1) is 10.6 Å². The summed E-state index contributed by atoms with van der Waals surface area (Å²) in [5, 5.41) is 9.00. The molecule has 1 aliphatic heterocycles. The maximum Gasteiger partial charge on any atom is 0.317 e. The van der Waals surface area contributed by atoms with Gasteiger partial charge in [-0.05, 0) is 51.2 Å². The van der Waals surface area contributed by atoms with Gasteiger partial charge in [0.1, 0.15) is 6.04 Å². The number of carbonyl (C=O) groups excluding carboxylic acids is 3. The highest BCUT2D eigenvalue weighted by Crippen LogP contribution is 2.23. The molecule has 7 nitrogen and oxygen atoms in total. The van der Waals surface area contributed by atoms with E-state index >= 15 is 0 Å². The highest BCUT2D eigenvalue weighted by molar-refractivity contribution is 6.33. The Hall–Kier alpha value is -2.28. The standard InChI is InChI=1S/C21H31ClN4O3/c1-4-14(3)24-20(28)18(25-19(27)16-8-6-7-9-17(16)22)15-10-12-26(13-11-15)21(29)23-5-2/h6-9,14-15,18H,4-5,10-13H2,1-3H3,(H,23,29)(H,24,28)(H,25,27). The summed E-state index contributed by atoms with van der Waals surface area (Å²) in [4.78, 5) is 39.5. The molecule has 0 spiro atoms. The van der Waals surface area contributed by atoms with Crippen molar-refractivity contribution in [3.63, 3.8) is 0 Å². The van der Waals surface area contributed by atoms with Crippen molar-refractivity contribution < 1.29 is 14.4 Å². The number of likely N-dealkylation sites (tertiary alicyclic amines) is 1. The van der Waals surface area contributed by atoms with Crippen LogP contribution in [0.4, 0.5) is 4.79 Å². The molecule has 0 saturated carbocycles. The quantitative estimate of drug-likeness (QED) is 0.631. The van der Waals surface area contributed by atoms with Crippen LogP contribution < -0.4 is 16.0 Å². The smallest absolute Gasteiger partial charge is 0.317 e. The summed E-state index contributed by atoms with van der Waals surface area (Å²) in [6.07, 6.45) is 2.07. The van der Waals surface area contributed by atoms with Gasteiger partial charge in [0.25, 0.3) is 5.91 Å². The van der Waals surface area contributed by atoms with Crippen molar-refractivity contribution in [2.45, 2.75) is 52.1 Å². The van der Waals surface area contributed by atoms with Crippen LogP contribution in [0.3, 0.4) is 0 Å². The Labute approximate surface area is 177 Å². The van der Waals surface area contributed by atoms with Gasteiger partial charge >= 0.3 is 6.03 Å². The third kappa shape index (κ3) is 6.35. The molecule has 0 aromatic heterocycles. The normalized spacial score (nSPS) is 16.6. The van der Waals surface area contributed by atoms with Gasteiger partial charge in [0.15, 0.2) is 0 Å². The zero-order chi connectivity index (χ0) is 21.4. The van der Waals surface area contributed by atoms with Crippen LogP contribution in [0, 0.1) is 5.92 Å². The summed E-state index contributed by atoms with van der Waals surface area (Å²) in [6, 6.07) is 6.02. The van der Waals surface area contributed by atoms with Crippen molar-refractivity contribution in [2.24, 2.45) is 5.92 Å². The largest absolute Gasteiger partial charge is 0.352 e. The van der Waals surface area contributed by atoms with E-state index < -0.39 is 6.04 Å². The lowest BCUT2D eigenvalue weighted by Gasteiger charge is -2.36. The molecule has 1 fully saturated rings. The highest BCUT2D eigenvalue weighted by atomic mass is 35.5. The van der Waals surface area contributed by atoms with E-state index in [-0.39, 0.29) is 29.8 Å². The predicted octanol–water partition coefficient (Wildman–Crippen LogP) is 2.79. The van der Waals surface area contributed by atoms with E-state index in [1.165, 1.54) is 0 Å². The molecule has 0 radical (unpaired) electrons. The Balaban J connectivity index is 2.11. The van der Waals surface area contributed by atoms with Crippen LogP contribution in [0.1, 0.15) is 50.4 Å². The minimum atomic E-state index is -0.677. The Morgan fingerprint density at radius 3 is 2.38 bits per heavy atom.